The largest absolute Gasteiger partial charge is 0.297 e. The third-order valence-corrected chi connectivity index (χ3v) is 4.69. The molecule has 0 spiro atoms. The Morgan fingerprint density at radius 1 is 1.29 bits per heavy atom. The Morgan fingerprint density at radius 3 is 2.38 bits per heavy atom. The molecule has 1 atom stereocenters. The minimum absolute atomic E-state index is 0.108. The van der Waals surface area contributed by atoms with Crippen LogP contribution in [0.4, 0.5) is 0 Å². The minimum atomic E-state index is -0.806. The molecule has 3 nitrogen and oxygen atoms in total. The lowest BCUT2D eigenvalue weighted by atomic mass is 9.76. The minimum Gasteiger partial charge on any atom is -0.297 e. The number of hydrogen-bond donors (Lipinski definition) is 0. The molecule has 1 aromatic carbocycles. The Labute approximate surface area is 129 Å². The van der Waals surface area contributed by atoms with Gasteiger partial charge >= 0.3 is 0 Å². The maximum absolute atomic E-state index is 12.8. The molecule has 108 valence electrons. The number of carbonyl (C=O) groups excluding carboxylic acids is 1. The fraction of sp³-hybridized carbons (Fsp3) is 0.353. The molecule has 21 heavy (non-hydrogen) atoms. The summed E-state index contributed by atoms with van der Waals surface area (Å²) in [7, 11) is 0. The van der Waals surface area contributed by atoms with Gasteiger partial charge in [-0.3, -0.25) is 4.79 Å². The summed E-state index contributed by atoms with van der Waals surface area (Å²) in [5, 5.41) is 11.9. The molecule has 0 aliphatic heterocycles. The lowest BCUT2D eigenvalue weighted by molar-refractivity contribution is -0.123. The second kappa shape index (κ2) is 5.79. The van der Waals surface area contributed by atoms with Gasteiger partial charge in [0, 0.05) is 11.1 Å². The summed E-state index contributed by atoms with van der Waals surface area (Å²) in [5.41, 5.74) is 2.20. The molecule has 0 unspecified atom stereocenters. The van der Waals surface area contributed by atoms with Gasteiger partial charge in [-0.2, -0.15) is 5.26 Å². The van der Waals surface area contributed by atoms with Gasteiger partial charge in [0.15, 0.2) is 11.7 Å². The summed E-state index contributed by atoms with van der Waals surface area (Å²) >= 11 is 1.37. The van der Waals surface area contributed by atoms with Gasteiger partial charge in [0.05, 0.1) is 11.5 Å². The molecule has 0 amide bonds. The molecule has 1 heterocycles. The molecule has 0 N–H and O–H groups in total. The van der Waals surface area contributed by atoms with E-state index >= 15 is 0 Å². The van der Waals surface area contributed by atoms with Crippen LogP contribution in [0.5, 0.6) is 0 Å². The van der Waals surface area contributed by atoms with Crippen LogP contribution in [0.15, 0.2) is 29.6 Å². The van der Waals surface area contributed by atoms with Gasteiger partial charge < -0.3 is 0 Å². The van der Waals surface area contributed by atoms with Crippen LogP contribution in [-0.4, -0.2) is 10.8 Å². The molecule has 2 aromatic rings. The Bertz CT molecular complexity index is 692. The number of aromatic nitrogens is 1. The number of benzene rings is 1. The highest BCUT2D eigenvalue weighted by Gasteiger charge is 2.37. The van der Waals surface area contributed by atoms with Crippen molar-refractivity contribution in [1.82, 2.24) is 4.98 Å². The number of nitrogens with zero attached hydrogens (tertiary/aromatic N) is 2. The molecule has 0 aliphatic rings. The first kappa shape index (κ1) is 15.4. The van der Waals surface area contributed by atoms with Gasteiger partial charge in [-0.25, -0.2) is 4.98 Å². The molecule has 0 bridgehead atoms. The van der Waals surface area contributed by atoms with Crippen molar-refractivity contribution in [3.05, 3.63) is 51.5 Å². The summed E-state index contributed by atoms with van der Waals surface area (Å²) in [5.74, 6) is -0.914. The predicted octanol–water partition coefficient (Wildman–Crippen LogP) is 3.91. The van der Waals surface area contributed by atoms with Gasteiger partial charge in [-0.05, 0) is 33.3 Å². The van der Waals surface area contributed by atoms with E-state index in [1.165, 1.54) is 11.3 Å². The number of thiazole rings is 1. The van der Waals surface area contributed by atoms with Crippen molar-refractivity contribution in [2.45, 2.75) is 39.0 Å². The summed E-state index contributed by atoms with van der Waals surface area (Å²) in [6, 6.07) is 9.99. The third kappa shape index (κ3) is 3.03. The first-order valence-electron chi connectivity index (χ1n) is 6.79. The van der Waals surface area contributed by atoms with E-state index in [1.807, 2.05) is 57.3 Å². The van der Waals surface area contributed by atoms with Crippen LogP contribution < -0.4 is 0 Å². The number of carbonyl (C=O) groups is 1. The number of hydrogen-bond acceptors (Lipinski definition) is 4. The van der Waals surface area contributed by atoms with Crippen LogP contribution in [-0.2, 0) is 10.2 Å². The smallest absolute Gasteiger partial charge is 0.166 e. The lowest BCUT2D eigenvalue weighted by Crippen LogP contribution is -2.33. The van der Waals surface area contributed by atoms with Gasteiger partial charge in [-0.1, -0.05) is 29.8 Å². The zero-order valence-corrected chi connectivity index (χ0v) is 13.5. The van der Waals surface area contributed by atoms with E-state index < -0.39 is 11.3 Å². The Morgan fingerprint density at radius 2 is 1.90 bits per heavy atom. The summed E-state index contributed by atoms with van der Waals surface area (Å²) < 4.78 is 0. The van der Waals surface area contributed by atoms with Crippen LogP contribution in [0, 0.1) is 25.2 Å². The Balaban J connectivity index is 2.36. The molecule has 0 saturated carbocycles. The van der Waals surface area contributed by atoms with Crippen LogP contribution in [0.2, 0.25) is 0 Å². The predicted molar refractivity (Wildman–Crippen MR) is 84.4 cm³/mol. The van der Waals surface area contributed by atoms with Crippen molar-refractivity contribution in [2.24, 2.45) is 0 Å². The standard InChI is InChI=1S/C17H18N2OS/c1-11-5-7-13(8-6-11)17(3,4)15(20)14(9-18)16-19-12(2)10-21-16/h5-8,10,14H,1-4H3/t14-/m1/s1. The van der Waals surface area contributed by atoms with Crippen LogP contribution in [0.25, 0.3) is 0 Å². The summed E-state index contributed by atoms with van der Waals surface area (Å²) in [6.07, 6.45) is 0. The number of rotatable bonds is 4. The molecule has 0 aliphatic carbocycles. The fourth-order valence-corrected chi connectivity index (χ4v) is 3.04. The average molecular weight is 298 g/mol. The number of ketones is 1. The summed E-state index contributed by atoms with van der Waals surface area (Å²) in [6.45, 7) is 7.61. The van der Waals surface area contributed by atoms with E-state index in [9.17, 15) is 10.1 Å². The van der Waals surface area contributed by atoms with Gasteiger partial charge in [-0.15, -0.1) is 11.3 Å². The van der Waals surface area contributed by atoms with Gasteiger partial charge in [0.2, 0.25) is 0 Å². The highest BCUT2D eigenvalue weighted by Crippen LogP contribution is 2.32. The molecular weight excluding hydrogens is 280 g/mol. The fourth-order valence-electron chi connectivity index (χ4n) is 2.20. The van der Waals surface area contributed by atoms with Crippen molar-refractivity contribution < 1.29 is 4.79 Å². The molecule has 0 saturated heterocycles. The third-order valence-electron chi connectivity index (χ3n) is 3.66. The van der Waals surface area contributed by atoms with E-state index in [2.05, 4.69) is 11.1 Å². The lowest BCUT2D eigenvalue weighted by Gasteiger charge is -2.25. The number of nitriles is 1. The topological polar surface area (TPSA) is 53.8 Å². The second-order valence-corrected chi connectivity index (χ2v) is 6.63. The second-order valence-electron chi connectivity index (χ2n) is 5.74. The first-order valence-corrected chi connectivity index (χ1v) is 7.67. The maximum atomic E-state index is 12.8. The van der Waals surface area contributed by atoms with Crippen LogP contribution in [0.3, 0.4) is 0 Å². The summed E-state index contributed by atoms with van der Waals surface area (Å²) in [4.78, 5) is 17.1. The normalized spacial score (nSPS) is 12.7. The highest BCUT2D eigenvalue weighted by molar-refractivity contribution is 7.09. The zero-order chi connectivity index (χ0) is 15.6. The van der Waals surface area contributed by atoms with E-state index in [4.69, 9.17) is 0 Å². The van der Waals surface area contributed by atoms with E-state index in [0.29, 0.717) is 5.01 Å². The van der Waals surface area contributed by atoms with E-state index in [0.717, 1.165) is 16.8 Å². The molecule has 4 heteroatoms. The Hall–Kier alpha value is -1.99. The molecular formula is C17H18N2OS. The molecule has 2 rings (SSSR count). The quantitative estimate of drug-likeness (QED) is 0.859. The molecule has 0 fully saturated rings. The van der Waals surface area contributed by atoms with Crippen LogP contribution >= 0.6 is 11.3 Å². The Kier molecular flexibility index (Phi) is 4.24. The number of Topliss-reactive ketones (excluding diaryl/α,β-unsaturated/α-hetero) is 1. The van der Waals surface area contributed by atoms with Crippen molar-refractivity contribution in [1.29, 1.82) is 5.26 Å². The highest BCUT2D eigenvalue weighted by atomic mass is 32.1. The van der Waals surface area contributed by atoms with Crippen molar-refractivity contribution in [2.75, 3.05) is 0 Å². The molecule has 1 aromatic heterocycles. The SMILES string of the molecule is Cc1ccc(C(C)(C)C(=O)[C@@H](C#N)c2nc(C)cs2)cc1. The maximum Gasteiger partial charge on any atom is 0.166 e. The van der Waals surface area contributed by atoms with Crippen molar-refractivity contribution >= 4 is 17.1 Å². The van der Waals surface area contributed by atoms with Crippen LogP contribution in [0.1, 0.15) is 41.6 Å². The van der Waals surface area contributed by atoms with Gasteiger partial charge in [0.25, 0.3) is 0 Å². The number of aryl methyl sites for hydroxylation is 2. The zero-order valence-electron chi connectivity index (χ0n) is 12.7. The van der Waals surface area contributed by atoms with Gasteiger partial charge in [0.1, 0.15) is 5.01 Å². The van der Waals surface area contributed by atoms with Crippen molar-refractivity contribution in [3.63, 3.8) is 0 Å². The average Bonchev–Trinajstić information content (AvgIpc) is 2.86. The molecule has 0 radical (unpaired) electrons. The van der Waals surface area contributed by atoms with E-state index in [1.54, 1.807) is 0 Å². The monoisotopic (exact) mass is 298 g/mol. The van der Waals surface area contributed by atoms with Crippen molar-refractivity contribution in [3.8, 4) is 6.07 Å². The van der Waals surface area contributed by atoms with E-state index in [-0.39, 0.29) is 5.78 Å². The first-order chi connectivity index (χ1) is 9.86.